The zero-order valence-corrected chi connectivity index (χ0v) is 23.8. The summed E-state index contributed by atoms with van der Waals surface area (Å²) in [5, 5.41) is 11.2. The summed E-state index contributed by atoms with van der Waals surface area (Å²) in [6.07, 6.45) is 4.82. The Morgan fingerprint density at radius 1 is 1.10 bits per heavy atom. The van der Waals surface area contributed by atoms with Crippen molar-refractivity contribution < 1.29 is 29.0 Å². The molecule has 1 amide bonds. The Labute approximate surface area is 237 Å². The lowest BCUT2D eigenvalue weighted by atomic mass is 9.95. The van der Waals surface area contributed by atoms with E-state index in [1.807, 2.05) is 37.3 Å². The van der Waals surface area contributed by atoms with E-state index in [2.05, 4.69) is 11.9 Å². The molecule has 2 aromatic carbocycles. The number of unbranched alkanes of at least 4 members (excludes halogenated alkanes) is 1. The van der Waals surface area contributed by atoms with Crippen LogP contribution in [0.5, 0.6) is 11.5 Å². The van der Waals surface area contributed by atoms with Crippen molar-refractivity contribution in [2.45, 2.75) is 46.6 Å². The van der Waals surface area contributed by atoms with Gasteiger partial charge in [-0.1, -0.05) is 67.2 Å². The third-order valence-electron chi connectivity index (χ3n) is 6.35. The van der Waals surface area contributed by atoms with Crippen molar-refractivity contribution >= 4 is 40.0 Å². The maximum absolute atomic E-state index is 13.6. The zero-order valence-electron chi connectivity index (χ0n) is 23.0. The summed E-state index contributed by atoms with van der Waals surface area (Å²) in [4.78, 5) is 45.3. The smallest absolute Gasteiger partial charge is 0.296 e. The van der Waals surface area contributed by atoms with Gasteiger partial charge in [0.2, 0.25) is 0 Å². The molecule has 0 saturated heterocycles. The van der Waals surface area contributed by atoms with Gasteiger partial charge in [-0.25, -0.2) is 4.98 Å². The van der Waals surface area contributed by atoms with E-state index in [-0.39, 0.29) is 16.5 Å². The molecule has 2 heterocycles. The second-order valence-electron chi connectivity index (χ2n) is 9.26. The Bertz CT molecular complexity index is 1470. The van der Waals surface area contributed by atoms with E-state index in [0.29, 0.717) is 40.8 Å². The lowest BCUT2D eigenvalue weighted by Crippen LogP contribution is -2.31. The van der Waals surface area contributed by atoms with Crippen LogP contribution in [0.4, 0.5) is 5.13 Å². The largest absolute Gasteiger partial charge is 0.503 e. The molecule has 0 radical (unpaired) electrons. The summed E-state index contributed by atoms with van der Waals surface area (Å²) < 4.78 is 11.8. The van der Waals surface area contributed by atoms with Crippen LogP contribution in [0.15, 0.2) is 65.9 Å². The van der Waals surface area contributed by atoms with Gasteiger partial charge in [0, 0.05) is 6.92 Å². The number of benzene rings is 2. The standard InChI is InChI=1S/C31H32N2O6S/c1-5-7-17-39-24-16-14-22(18-25(24)38-6-2)27-26(23(35)15-13-21-11-9-8-10-12-21)28(36)30(37)33(27)31-32-19(3)29(40-31)20(4)34/h8-16,18,27,36H,5-7,17H2,1-4H3/b15-13+. The Morgan fingerprint density at radius 3 is 2.50 bits per heavy atom. The molecule has 0 aliphatic carbocycles. The van der Waals surface area contributed by atoms with Crippen molar-refractivity contribution in [2.75, 3.05) is 18.1 Å². The van der Waals surface area contributed by atoms with Crippen LogP contribution >= 0.6 is 11.3 Å². The average molecular weight is 561 g/mol. The zero-order chi connectivity index (χ0) is 28.8. The number of hydrogen-bond acceptors (Lipinski definition) is 8. The Kier molecular flexibility index (Phi) is 9.16. The molecule has 0 saturated carbocycles. The Balaban J connectivity index is 1.82. The first-order valence-electron chi connectivity index (χ1n) is 13.2. The van der Waals surface area contributed by atoms with Gasteiger partial charge in [-0.2, -0.15) is 0 Å². The minimum atomic E-state index is -1.00. The summed E-state index contributed by atoms with van der Waals surface area (Å²) in [5.41, 5.74) is 1.70. The minimum Gasteiger partial charge on any atom is -0.503 e. The van der Waals surface area contributed by atoms with Gasteiger partial charge in [0.25, 0.3) is 5.91 Å². The molecule has 0 spiro atoms. The molecule has 0 bridgehead atoms. The van der Waals surface area contributed by atoms with Crippen LogP contribution in [0.1, 0.15) is 66.1 Å². The van der Waals surface area contributed by atoms with Gasteiger partial charge in [0.15, 0.2) is 34.0 Å². The number of rotatable bonds is 12. The van der Waals surface area contributed by atoms with E-state index in [0.717, 1.165) is 29.7 Å². The Hall–Kier alpha value is -4.24. The number of aliphatic hydroxyl groups excluding tert-OH is 1. The summed E-state index contributed by atoms with van der Waals surface area (Å²) >= 11 is 1.05. The fraction of sp³-hybridized carbons (Fsp3) is 0.290. The van der Waals surface area contributed by atoms with Crippen LogP contribution in [0.3, 0.4) is 0 Å². The number of aromatic nitrogens is 1. The van der Waals surface area contributed by atoms with Gasteiger partial charge in [-0.15, -0.1) is 0 Å². The highest BCUT2D eigenvalue weighted by molar-refractivity contribution is 7.17. The lowest BCUT2D eigenvalue weighted by molar-refractivity contribution is -0.117. The minimum absolute atomic E-state index is 0.0866. The number of Topliss-reactive ketones (excluding diaryl/α,β-unsaturated/α-hetero) is 1. The van der Waals surface area contributed by atoms with Crippen molar-refractivity contribution in [2.24, 2.45) is 0 Å². The van der Waals surface area contributed by atoms with Crippen molar-refractivity contribution in [3.05, 3.63) is 87.6 Å². The molecule has 1 aliphatic rings. The third kappa shape index (κ3) is 5.99. The highest BCUT2D eigenvalue weighted by atomic mass is 32.1. The van der Waals surface area contributed by atoms with Gasteiger partial charge in [-0.05, 0) is 49.6 Å². The molecule has 8 nitrogen and oxygen atoms in total. The van der Waals surface area contributed by atoms with Gasteiger partial charge in [0.05, 0.1) is 35.4 Å². The van der Waals surface area contributed by atoms with E-state index in [9.17, 15) is 19.5 Å². The number of ketones is 2. The lowest BCUT2D eigenvalue weighted by Gasteiger charge is -2.25. The topological polar surface area (TPSA) is 106 Å². The number of carbonyl (C=O) groups is 3. The van der Waals surface area contributed by atoms with Gasteiger partial charge >= 0.3 is 0 Å². The van der Waals surface area contributed by atoms with Gasteiger partial charge in [0.1, 0.15) is 0 Å². The van der Waals surface area contributed by atoms with Crippen molar-refractivity contribution in [3.63, 3.8) is 0 Å². The maximum atomic E-state index is 13.6. The summed E-state index contributed by atoms with van der Waals surface area (Å²) in [6, 6.07) is 13.4. The number of nitrogens with zero attached hydrogens (tertiary/aromatic N) is 2. The van der Waals surface area contributed by atoms with Crippen LogP contribution in [0.25, 0.3) is 6.08 Å². The van der Waals surface area contributed by atoms with Crippen LogP contribution in [0, 0.1) is 6.92 Å². The number of amides is 1. The second-order valence-corrected chi connectivity index (χ2v) is 10.2. The molecular weight excluding hydrogens is 528 g/mol. The number of anilines is 1. The molecule has 1 aromatic heterocycles. The molecular formula is C31H32N2O6S. The van der Waals surface area contributed by atoms with Crippen molar-refractivity contribution in [1.29, 1.82) is 0 Å². The molecule has 4 rings (SSSR count). The molecule has 3 aromatic rings. The summed E-state index contributed by atoms with van der Waals surface area (Å²) in [6.45, 7) is 7.93. The molecule has 208 valence electrons. The fourth-order valence-corrected chi connectivity index (χ4v) is 5.40. The summed E-state index contributed by atoms with van der Waals surface area (Å²) in [7, 11) is 0. The van der Waals surface area contributed by atoms with Gasteiger partial charge < -0.3 is 14.6 Å². The number of allylic oxidation sites excluding steroid dienone is 1. The number of carbonyl (C=O) groups excluding carboxylic acids is 3. The summed E-state index contributed by atoms with van der Waals surface area (Å²) in [5.74, 6) is -1.14. The predicted octanol–water partition coefficient (Wildman–Crippen LogP) is 6.41. The monoisotopic (exact) mass is 560 g/mol. The Morgan fingerprint density at radius 2 is 1.85 bits per heavy atom. The highest BCUT2D eigenvalue weighted by Crippen LogP contribution is 2.45. The van der Waals surface area contributed by atoms with Crippen LogP contribution < -0.4 is 14.4 Å². The van der Waals surface area contributed by atoms with E-state index in [1.54, 1.807) is 31.2 Å². The molecule has 1 unspecified atom stereocenters. The average Bonchev–Trinajstić information content (AvgIpc) is 3.45. The number of ether oxygens (including phenoxy) is 2. The van der Waals surface area contributed by atoms with Crippen LogP contribution in [-0.2, 0) is 9.59 Å². The normalized spacial score (nSPS) is 15.2. The second kappa shape index (κ2) is 12.7. The van der Waals surface area contributed by atoms with Crippen LogP contribution in [-0.4, -0.2) is 40.8 Å². The first-order chi connectivity index (χ1) is 19.3. The van der Waals surface area contributed by atoms with E-state index in [4.69, 9.17) is 9.47 Å². The van der Waals surface area contributed by atoms with E-state index >= 15 is 0 Å². The first-order valence-corrected chi connectivity index (χ1v) is 14.0. The molecule has 1 atom stereocenters. The van der Waals surface area contributed by atoms with E-state index < -0.39 is 23.5 Å². The molecule has 1 aliphatic heterocycles. The highest BCUT2D eigenvalue weighted by Gasteiger charge is 2.45. The maximum Gasteiger partial charge on any atom is 0.296 e. The molecule has 9 heteroatoms. The quantitative estimate of drug-likeness (QED) is 0.155. The predicted molar refractivity (Wildman–Crippen MR) is 155 cm³/mol. The first kappa shape index (κ1) is 28.8. The van der Waals surface area contributed by atoms with Crippen molar-refractivity contribution in [3.8, 4) is 11.5 Å². The number of hydrogen-bond donors (Lipinski definition) is 1. The molecule has 1 N–H and O–H groups in total. The van der Waals surface area contributed by atoms with Crippen molar-refractivity contribution in [1.82, 2.24) is 4.98 Å². The fourth-order valence-electron chi connectivity index (χ4n) is 4.42. The molecule has 0 fully saturated rings. The SMILES string of the molecule is CCCCOc1ccc(C2C(C(=O)/C=C/c3ccccc3)=C(O)C(=O)N2c2nc(C)c(C(C)=O)s2)cc1OCC. The molecule has 40 heavy (non-hydrogen) atoms. The van der Waals surface area contributed by atoms with Gasteiger partial charge in [-0.3, -0.25) is 19.3 Å². The van der Waals surface area contributed by atoms with E-state index in [1.165, 1.54) is 17.9 Å². The number of aliphatic hydroxyl groups is 1. The van der Waals surface area contributed by atoms with Crippen LogP contribution in [0.2, 0.25) is 0 Å². The number of thiazole rings is 1. The number of aryl methyl sites for hydroxylation is 1. The third-order valence-corrected chi connectivity index (χ3v) is 7.61.